The minimum Gasteiger partial charge on any atom is -0.494 e. The van der Waals surface area contributed by atoms with Crippen molar-refractivity contribution in [2.24, 2.45) is 0 Å². The molecule has 130 valence electrons. The van der Waals surface area contributed by atoms with Gasteiger partial charge in [-0.15, -0.1) is 0 Å². The first-order chi connectivity index (χ1) is 12.1. The second kappa shape index (κ2) is 7.38. The number of benzene rings is 2. The highest BCUT2D eigenvalue weighted by molar-refractivity contribution is 6.23. The molecule has 1 aliphatic heterocycles. The number of carbonyl (C=O) groups is 2. The number of aryl methyl sites for hydroxylation is 1. The van der Waals surface area contributed by atoms with Gasteiger partial charge in [-0.2, -0.15) is 0 Å². The molecule has 0 bridgehead atoms. The van der Waals surface area contributed by atoms with Gasteiger partial charge in [-0.25, -0.2) is 4.90 Å². The van der Waals surface area contributed by atoms with Crippen LogP contribution in [0, 0.1) is 6.92 Å². The summed E-state index contributed by atoms with van der Waals surface area (Å²) in [4.78, 5) is 26.3. The zero-order valence-corrected chi connectivity index (χ0v) is 14.5. The predicted molar refractivity (Wildman–Crippen MR) is 97.9 cm³/mol. The Hall–Kier alpha value is -2.82. The van der Waals surface area contributed by atoms with Crippen LogP contribution in [-0.2, 0) is 9.59 Å². The van der Waals surface area contributed by atoms with Crippen molar-refractivity contribution in [1.82, 2.24) is 0 Å². The Morgan fingerprint density at radius 2 is 1.84 bits per heavy atom. The van der Waals surface area contributed by atoms with Crippen LogP contribution in [0.3, 0.4) is 0 Å². The van der Waals surface area contributed by atoms with Crippen molar-refractivity contribution in [3.63, 3.8) is 0 Å². The van der Waals surface area contributed by atoms with E-state index in [1.165, 1.54) is 4.90 Å². The quantitative estimate of drug-likeness (QED) is 0.819. The number of rotatable bonds is 6. The van der Waals surface area contributed by atoms with E-state index in [0.717, 1.165) is 23.4 Å². The van der Waals surface area contributed by atoms with Crippen LogP contribution < -0.4 is 15.0 Å². The maximum atomic E-state index is 12.7. The van der Waals surface area contributed by atoms with Crippen LogP contribution in [0.15, 0.2) is 48.5 Å². The highest BCUT2D eigenvalue weighted by Crippen LogP contribution is 2.27. The number of amides is 2. The largest absolute Gasteiger partial charge is 0.494 e. The molecule has 25 heavy (non-hydrogen) atoms. The maximum absolute atomic E-state index is 12.7. The summed E-state index contributed by atoms with van der Waals surface area (Å²) in [5, 5.41) is 3.19. The number of hydrogen-bond donors (Lipinski definition) is 1. The van der Waals surface area contributed by atoms with Crippen molar-refractivity contribution in [3.05, 3.63) is 54.1 Å². The van der Waals surface area contributed by atoms with Gasteiger partial charge in [0.2, 0.25) is 5.91 Å². The van der Waals surface area contributed by atoms with Crippen LogP contribution in [-0.4, -0.2) is 24.5 Å². The third kappa shape index (κ3) is 3.65. The first-order valence-corrected chi connectivity index (χ1v) is 8.52. The van der Waals surface area contributed by atoms with Crippen molar-refractivity contribution in [2.75, 3.05) is 16.8 Å². The number of carbonyl (C=O) groups excluding carboxylic acids is 2. The first kappa shape index (κ1) is 17.0. The summed E-state index contributed by atoms with van der Waals surface area (Å²) < 4.78 is 5.54. The Morgan fingerprint density at radius 3 is 2.52 bits per heavy atom. The van der Waals surface area contributed by atoms with E-state index in [9.17, 15) is 9.59 Å². The molecule has 1 saturated heterocycles. The van der Waals surface area contributed by atoms with Crippen molar-refractivity contribution in [2.45, 2.75) is 32.7 Å². The van der Waals surface area contributed by atoms with Gasteiger partial charge >= 0.3 is 0 Å². The molecule has 5 nitrogen and oxygen atoms in total. The van der Waals surface area contributed by atoms with Crippen LogP contribution in [0.4, 0.5) is 11.4 Å². The maximum Gasteiger partial charge on any atom is 0.256 e. The molecule has 5 heteroatoms. The number of nitrogens with zero attached hydrogens (tertiary/aromatic N) is 1. The fourth-order valence-corrected chi connectivity index (χ4v) is 2.85. The second-order valence-corrected chi connectivity index (χ2v) is 6.13. The van der Waals surface area contributed by atoms with Gasteiger partial charge in [-0.05, 0) is 49.2 Å². The topological polar surface area (TPSA) is 58.6 Å². The second-order valence-electron chi connectivity index (χ2n) is 6.13. The van der Waals surface area contributed by atoms with E-state index in [1.54, 1.807) is 24.3 Å². The van der Waals surface area contributed by atoms with E-state index in [4.69, 9.17) is 4.74 Å². The van der Waals surface area contributed by atoms with Crippen molar-refractivity contribution < 1.29 is 14.3 Å². The zero-order valence-electron chi connectivity index (χ0n) is 14.5. The van der Waals surface area contributed by atoms with E-state index in [-0.39, 0.29) is 18.2 Å². The minimum absolute atomic E-state index is 0.154. The van der Waals surface area contributed by atoms with Gasteiger partial charge in [0, 0.05) is 5.69 Å². The summed E-state index contributed by atoms with van der Waals surface area (Å²) in [5.74, 6) is 0.313. The molecule has 0 spiro atoms. The lowest BCUT2D eigenvalue weighted by atomic mass is 10.1. The van der Waals surface area contributed by atoms with Gasteiger partial charge in [0.15, 0.2) is 0 Å². The summed E-state index contributed by atoms with van der Waals surface area (Å²) in [5.41, 5.74) is 2.49. The number of para-hydroxylation sites is 1. The van der Waals surface area contributed by atoms with E-state index < -0.39 is 6.04 Å². The summed E-state index contributed by atoms with van der Waals surface area (Å²) in [7, 11) is 0. The van der Waals surface area contributed by atoms with Gasteiger partial charge in [-0.1, -0.05) is 25.1 Å². The predicted octanol–water partition coefficient (Wildman–Crippen LogP) is 3.53. The van der Waals surface area contributed by atoms with Crippen LogP contribution in [0.25, 0.3) is 0 Å². The van der Waals surface area contributed by atoms with Gasteiger partial charge in [-0.3, -0.25) is 9.59 Å². The van der Waals surface area contributed by atoms with Crippen LogP contribution in [0.1, 0.15) is 25.3 Å². The molecule has 0 radical (unpaired) electrons. The monoisotopic (exact) mass is 338 g/mol. The summed E-state index contributed by atoms with van der Waals surface area (Å²) in [6, 6.07) is 14.3. The lowest BCUT2D eigenvalue weighted by molar-refractivity contribution is -0.121. The average Bonchev–Trinajstić information content (AvgIpc) is 2.89. The molecule has 3 rings (SSSR count). The van der Waals surface area contributed by atoms with Gasteiger partial charge in [0.1, 0.15) is 11.8 Å². The Morgan fingerprint density at radius 1 is 1.12 bits per heavy atom. The molecule has 1 atom stereocenters. The molecule has 1 aliphatic rings. The van der Waals surface area contributed by atoms with Gasteiger partial charge < -0.3 is 10.1 Å². The molecule has 0 aromatic heterocycles. The molecule has 1 fully saturated rings. The van der Waals surface area contributed by atoms with Gasteiger partial charge in [0.05, 0.1) is 18.7 Å². The Balaban J connectivity index is 1.74. The molecular weight excluding hydrogens is 316 g/mol. The SMILES string of the molecule is CCCOc1ccc(N2C(=O)CC(Nc3ccccc3C)C2=O)cc1. The molecule has 2 amide bonds. The fourth-order valence-electron chi connectivity index (χ4n) is 2.85. The summed E-state index contributed by atoms with van der Waals surface area (Å²) in [6.45, 7) is 4.65. The minimum atomic E-state index is -0.537. The van der Waals surface area contributed by atoms with Crippen LogP contribution >= 0.6 is 0 Å². The zero-order chi connectivity index (χ0) is 17.8. The highest BCUT2D eigenvalue weighted by atomic mass is 16.5. The molecule has 0 aliphatic carbocycles. The number of imide groups is 1. The molecule has 1 heterocycles. The standard InChI is InChI=1S/C20H22N2O3/c1-3-12-25-16-10-8-15(9-11-16)22-19(23)13-18(20(22)24)21-17-7-5-4-6-14(17)2/h4-11,18,21H,3,12-13H2,1-2H3. The Kier molecular flexibility index (Phi) is 5.03. The fraction of sp³-hybridized carbons (Fsp3) is 0.300. The Labute approximate surface area is 147 Å². The van der Waals surface area contributed by atoms with Crippen molar-refractivity contribution in [1.29, 1.82) is 0 Å². The smallest absolute Gasteiger partial charge is 0.256 e. The lowest BCUT2D eigenvalue weighted by Crippen LogP contribution is -2.34. The van der Waals surface area contributed by atoms with Crippen molar-refractivity contribution >= 4 is 23.2 Å². The van der Waals surface area contributed by atoms with E-state index >= 15 is 0 Å². The summed E-state index contributed by atoms with van der Waals surface area (Å²) in [6.07, 6.45) is 1.08. The number of ether oxygens (including phenoxy) is 1. The normalized spacial score (nSPS) is 17.0. The van der Waals surface area contributed by atoms with Crippen LogP contribution in [0.2, 0.25) is 0 Å². The third-order valence-electron chi connectivity index (χ3n) is 4.19. The Bertz CT molecular complexity index is 771. The molecule has 2 aromatic carbocycles. The molecule has 1 unspecified atom stereocenters. The van der Waals surface area contributed by atoms with E-state index in [2.05, 4.69) is 5.32 Å². The van der Waals surface area contributed by atoms with Crippen LogP contribution in [0.5, 0.6) is 5.75 Å². The molecule has 0 saturated carbocycles. The average molecular weight is 338 g/mol. The third-order valence-corrected chi connectivity index (χ3v) is 4.19. The number of anilines is 2. The highest BCUT2D eigenvalue weighted by Gasteiger charge is 2.39. The summed E-state index contributed by atoms with van der Waals surface area (Å²) >= 11 is 0. The number of hydrogen-bond acceptors (Lipinski definition) is 4. The molecular formula is C20H22N2O3. The molecule has 2 aromatic rings. The van der Waals surface area contributed by atoms with E-state index in [1.807, 2.05) is 38.1 Å². The number of nitrogens with one attached hydrogen (secondary N) is 1. The van der Waals surface area contributed by atoms with E-state index in [0.29, 0.717) is 12.3 Å². The first-order valence-electron chi connectivity index (χ1n) is 8.52. The molecule has 1 N–H and O–H groups in total. The lowest BCUT2D eigenvalue weighted by Gasteiger charge is -2.17. The van der Waals surface area contributed by atoms with Crippen molar-refractivity contribution in [3.8, 4) is 5.75 Å². The van der Waals surface area contributed by atoms with Gasteiger partial charge in [0.25, 0.3) is 5.91 Å².